The van der Waals surface area contributed by atoms with Crippen LogP contribution in [-0.2, 0) is 9.53 Å². The topological polar surface area (TPSA) is 134 Å². The molecule has 148 valence electrons. The Kier molecular flexibility index (Phi) is 5.02. The van der Waals surface area contributed by atoms with Gasteiger partial charge in [0.05, 0.1) is 12.9 Å². The fourth-order valence-electron chi connectivity index (χ4n) is 2.83. The first-order valence-corrected chi connectivity index (χ1v) is 8.56. The number of hydrogen-bond acceptors (Lipinski definition) is 8. The van der Waals surface area contributed by atoms with Gasteiger partial charge in [0.25, 0.3) is 0 Å². The highest BCUT2D eigenvalue weighted by Gasteiger charge is 2.53. The van der Waals surface area contributed by atoms with E-state index >= 15 is 0 Å². The minimum absolute atomic E-state index is 0.0335. The Balaban J connectivity index is 2.06. The third-order valence-electron chi connectivity index (χ3n) is 4.60. The van der Waals surface area contributed by atoms with Crippen LogP contribution in [0, 0.1) is 5.92 Å². The molecule has 2 aromatic heterocycles. The van der Waals surface area contributed by atoms with E-state index in [9.17, 15) is 19.4 Å². The number of hydrogen-bond donors (Lipinski definition) is 4. The number of rotatable bonds is 5. The van der Waals surface area contributed by atoms with Gasteiger partial charge in [0, 0.05) is 13.0 Å². The summed E-state index contributed by atoms with van der Waals surface area (Å²) in [6, 6.07) is 0. The molecule has 3 heterocycles. The van der Waals surface area contributed by atoms with Crippen molar-refractivity contribution in [3.8, 4) is 0 Å². The van der Waals surface area contributed by atoms with Gasteiger partial charge in [-0.1, -0.05) is 13.8 Å². The Morgan fingerprint density at radius 2 is 2.19 bits per heavy atom. The summed E-state index contributed by atoms with van der Waals surface area (Å²) < 4.78 is 21.6. The summed E-state index contributed by atoms with van der Waals surface area (Å²) >= 11 is 0. The second kappa shape index (κ2) is 6.98. The number of anilines is 2. The number of alkyl halides is 1. The van der Waals surface area contributed by atoms with Crippen LogP contribution in [0.15, 0.2) is 6.33 Å². The molecule has 1 fully saturated rings. The van der Waals surface area contributed by atoms with Gasteiger partial charge < -0.3 is 20.3 Å². The van der Waals surface area contributed by atoms with Crippen molar-refractivity contribution < 1.29 is 24.1 Å². The van der Waals surface area contributed by atoms with Crippen molar-refractivity contribution >= 4 is 28.8 Å². The minimum Gasteiger partial charge on any atom is -0.393 e. The van der Waals surface area contributed by atoms with Crippen LogP contribution in [-0.4, -0.2) is 67.2 Å². The van der Waals surface area contributed by atoms with E-state index in [4.69, 9.17) is 4.74 Å². The van der Waals surface area contributed by atoms with Crippen LogP contribution in [0.1, 0.15) is 27.0 Å². The van der Waals surface area contributed by atoms with E-state index in [1.165, 1.54) is 17.8 Å². The van der Waals surface area contributed by atoms with Crippen LogP contribution < -0.4 is 10.6 Å². The number of nitrogens with zero attached hydrogens (tertiary/aromatic N) is 4. The third-order valence-corrected chi connectivity index (χ3v) is 4.60. The molecule has 10 nitrogen and oxygen atoms in total. The molecule has 1 amide bonds. The maximum absolute atomic E-state index is 14.7. The summed E-state index contributed by atoms with van der Waals surface area (Å²) in [6.07, 6.45) is -3.24. The van der Waals surface area contributed by atoms with E-state index < -0.39 is 30.7 Å². The highest BCUT2D eigenvalue weighted by molar-refractivity contribution is 5.92. The molecule has 4 N–H and O–H groups in total. The van der Waals surface area contributed by atoms with Crippen molar-refractivity contribution in [1.29, 1.82) is 0 Å². The lowest BCUT2D eigenvalue weighted by Crippen LogP contribution is -2.42. The lowest BCUT2D eigenvalue weighted by molar-refractivity contribution is -0.118. The lowest BCUT2D eigenvalue weighted by atomic mass is 9.99. The SMILES string of the molecule is CNc1nc(NC(=O)C(C)C)nc2c1ncn2[C@@H]1O[C@](C)(CO)[C@@H](O)[C@H]1F. The van der Waals surface area contributed by atoms with Crippen molar-refractivity contribution in [2.24, 2.45) is 5.92 Å². The molecule has 4 atom stereocenters. The van der Waals surface area contributed by atoms with Crippen molar-refractivity contribution in [2.45, 2.75) is 44.9 Å². The number of aromatic nitrogens is 4. The molecule has 0 unspecified atom stereocenters. The number of fused-ring (bicyclic) bond motifs is 1. The molecular formula is C16H23FN6O4. The monoisotopic (exact) mass is 382 g/mol. The van der Waals surface area contributed by atoms with Crippen LogP contribution in [0.25, 0.3) is 11.2 Å². The Hall–Kier alpha value is -2.37. The molecule has 3 rings (SSSR count). The molecule has 0 aromatic carbocycles. The summed E-state index contributed by atoms with van der Waals surface area (Å²) in [4.78, 5) is 24.6. The summed E-state index contributed by atoms with van der Waals surface area (Å²) in [5.74, 6) is -0.171. The number of nitrogens with one attached hydrogen (secondary N) is 2. The average Bonchev–Trinajstić information content (AvgIpc) is 3.16. The van der Waals surface area contributed by atoms with Crippen LogP contribution >= 0.6 is 0 Å². The molecule has 1 aliphatic heterocycles. The predicted octanol–water partition coefficient (Wildman–Crippen LogP) is 0.441. The quantitative estimate of drug-likeness (QED) is 0.585. The first-order chi connectivity index (χ1) is 12.7. The molecule has 2 aromatic rings. The molecule has 0 radical (unpaired) electrons. The molecule has 11 heteroatoms. The molecule has 1 saturated heterocycles. The summed E-state index contributed by atoms with van der Waals surface area (Å²) in [5.41, 5.74) is -0.882. The maximum Gasteiger partial charge on any atom is 0.233 e. The van der Waals surface area contributed by atoms with Gasteiger partial charge in [-0.15, -0.1) is 0 Å². The number of halogens is 1. The molecule has 0 bridgehead atoms. The predicted molar refractivity (Wildman–Crippen MR) is 94.9 cm³/mol. The Morgan fingerprint density at radius 3 is 2.74 bits per heavy atom. The van der Waals surface area contributed by atoms with Crippen LogP contribution in [0.2, 0.25) is 0 Å². The Labute approximate surface area is 154 Å². The largest absolute Gasteiger partial charge is 0.393 e. The normalized spacial score (nSPS) is 28.1. The number of imidazole rings is 1. The highest BCUT2D eigenvalue weighted by atomic mass is 19.1. The molecule has 0 aliphatic carbocycles. The third kappa shape index (κ3) is 3.22. The average molecular weight is 382 g/mol. The maximum atomic E-state index is 14.7. The smallest absolute Gasteiger partial charge is 0.233 e. The van der Waals surface area contributed by atoms with Crippen LogP contribution in [0.3, 0.4) is 0 Å². The molecular weight excluding hydrogens is 359 g/mol. The summed E-state index contributed by atoms with van der Waals surface area (Å²) in [6.45, 7) is 4.33. The Bertz CT molecular complexity index is 859. The second-order valence-corrected chi connectivity index (χ2v) is 6.98. The van der Waals surface area contributed by atoms with Gasteiger partial charge in [-0.05, 0) is 6.92 Å². The van der Waals surface area contributed by atoms with Crippen molar-refractivity contribution in [2.75, 3.05) is 24.3 Å². The number of carbonyl (C=O) groups excluding carboxylic acids is 1. The standard InChI is InChI=1S/C16H23FN6O4/c1-7(2)13(26)22-15-20-11(18-4)9-12(21-15)23(6-19-9)14-8(17)10(25)16(3,5-24)27-14/h6-8,10,14,24-25H,5H2,1-4H3,(H2,18,20,21,22,26)/t8-,10+,14-,16-/m1/s1. The molecule has 0 spiro atoms. The van der Waals surface area contributed by atoms with Crippen LogP contribution in [0.4, 0.5) is 16.2 Å². The summed E-state index contributed by atoms with van der Waals surface area (Å²) in [5, 5.41) is 25.0. The molecule has 0 saturated carbocycles. The van der Waals surface area contributed by atoms with E-state index in [1.807, 2.05) is 0 Å². The fraction of sp³-hybridized carbons (Fsp3) is 0.625. The highest BCUT2D eigenvalue weighted by Crippen LogP contribution is 2.40. The van der Waals surface area contributed by atoms with E-state index in [0.717, 1.165) is 0 Å². The van der Waals surface area contributed by atoms with Gasteiger partial charge in [0.1, 0.15) is 11.7 Å². The number of aliphatic hydroxyl groups is 2. The van der Waals surface area contributed by atoms with Gasteiger partial charge in [0.2, 0.25) is 11.9 Å². The van der Waals surface area contributed by atoms with Crippen molar-refractivity contribution in [1.82, 2.24) is 19.5 Å². The zero-order chi connectivity index (χ0) is 19.9. The van der Waals surface area contributed by atoms with Gasteiger partial charge in [-0.3, -0.25) is 14.7 Å². The van der Waals surface area contributed by atoms with Gasteiger partial charge in [-0.25, -0.2) is 9.37 Å². The fourth-order valence-corrected chi connectivity index (χ4v) is 2.83. The zero-order valence-electron chi connectivity index (χ0n) is 15.5. The number of carbonyl (C=O) groups is 1. The van der Waals surface area contributed by atoms with Crippen molar-refractivity contribution in [3.63, 3.8) is 0 Å². The van der Waals surface area contributed by atoms with E-state index in [0.29, 0.717) is 11.3 Å². The first-order valence-electron chi connectivity index (χ1n) is 8.56. The van der Waals surface area contributed by atoms with Gasteiger partial charge >= 0.3 is 0 Å². The summed E-state index contributed by atoms with van der Waals surface area (Å²) in [7, 11) is 1.63. The Morgan fingerprint density at radius 1 is 1.48 bits per heavy atom. The number of ether oxygens (including phenoxy) is 1. The zero-order valence-corrected chi connectivity index (χ0v) is 15.5. The molecule has 27 heavy (non-hydrogen) atoms. The number of aliphatic hydroxyl groups excluding tert-OH is 2. The second-order valence-electron chi connectivity index (χ2n) is 6.98. The molecule has 1 aliphatic rings. The van der Waals surface area contributed by atoms with E-state index in [1.54, 1.807) is 20.9 Å². The lowest BCUT2D eigenvalue weighted by Gasteiger charge is -2.24. The van der Waals surface area contributed by atoms with E-state index in [-0.39, 0.29) is 23.4 Å². The van der Waals surface area contributed by atoms with E-state index in [2.05, 4.69) is 25.6 Å². The van der Waals surface area contributed by atoms with Gasteiger partial charge in [-0.2, -0.15) is 9.97 Å². The van der Waals surface area contributed by atoms with Crippen LogP contribution in [0.5, 0.6) is 0 Å². The number of amides is 1. The first kappa shape index (κ1) is 19.4. The van der Waals surface area contributed by atoms with Crippen molar-refractivity contribution in [3.05, 3.63) is 6.33 Å². The minimum atomic E-state index is -1.80. The van der Waals surface area contributed by atoms with Gasteiger partial charge in [0.15, 0.2) is 29.4 Å².